The van der Waals surface area contributed by atoms with E-state index in [0.717, 1.165) is 34.6 Å². The topological polar surface area (TPSA) is 56.9 Å². The number of aromatic nitrogens is 1. The monoisotopic (exact) mass is 386 g/mol. The van der Waals surface area contributed by atoms with Crippen molar-refractivity contribution in [2.45, 2.75) is 38.7 Å². The van der Waals surface area contributed by atoms with E-state index in [1.165, 1.54) is 0 Å². The normalized spacial score (nSPS) is 28.1. The van der Waals surface area contributed by atoms with E-state index in [-0.39, 0.29) is 0 Å². The molecule has 1 aromatic heterocycles. The average Bonchev–Trinajstić information content (AvgIpc) is 2.83. The van der Waals surface area contributed by atoms with Crippen molar-refractivity contribution in [3.63, 3.8) is 0 Å². The number of aliphatic hydroxyl groups excluding tert-OH is 1. The molecule has 3 unspecified atom stereocenters. The summed E-state index contributed by atoms with van der Waals surface area (Å²) < 4.78 is 1.59. The summed E-state index contributed by atoms with van der Waals surface area (Å²) in [6.45, 7) is 2.14. The van der Waals surface area contributed by atoms with Crippen molar-refractivity contribution in [3.8, 4) is 6.07 Å². The van der Waals surface area contributed by atoms with E-state index in [0.29, 0.717) is 11.6 Å². The van der Waals surface area contributed by atoms with Crippen molar-refractivity contribution < 1.29 is 5.11 Å². The molecule has 0 amide bonds. The number of nitriles is 1. The molecule has 1 N–H and O–H groups in total. The highest BCUT2D eigenvalue weighted by atomic mass is 79.9. The van der Waals surface area contributed by atoms with Gasteiger partial charge >= 0.3 is 0 Å². The molecular formula is C14H16Br2N2O. The van der Waals surface area contributed by atoms with Crippen LogP contribution in [0.1, 0.15) is 44.4 Å². The first kappa shape index (κ1) is 15.0. The Labute approximate surface area is 130 Å². The lowest BCUT2D eigenvalue weighted by Crippen LogP contribution is -2.25. The number of hydrogen-bond donors (Lipinski definition) is 1. The average molecular weight is 388 g/mol. The van der Waals surface area contributed by atoms with E-state index < -0.39 is 11.5 Å². The zero-order valence-corrected chi connectivity index (χ0v) is 13.9. The minimum atomic E-state index is -0.837. The zero-order chi connectivity index (χ0) is 14.0. The molecule has 3 nitrogen and oxygen atoms in total. The molecule has 1 fully saturated rings. The van der Waals surface area contributed by atoms with Crippen LogP contribution in [0.3, 0.4) is 0 Å². The van der Waals surface area contributed by atoms with Crippen molar-refractivity contribution in [2.24, 2.45) is 11.3 Å². The van der Waals surface area contributed by atoms with Gasteiger partial charge in [-0.05, 0) is 63.1 Å². The molecule has 1 aliphatic carbocycles. The number of rotatable bonds is 3. The van der Waals surface area contributed by atoms with Gasteiger partial charge in [-0.3, -0.25) is 4.98 Å². The molecule has 1 heterocycles. The van der Waals surface area contributed by atoms with E-state index in [1.54, 1.807) is 6.20 Å². The Hall–Kier alpha value is -0.440. The third-order valence-electron chi connectivity index (χ3n) is 4.07. The van der Waals surface area contributed by atoms with Crippen molar-refractivity contribution in [1.29, 1.82) is 5.26 Å². The standard InChI is InChI=1S/C14H16Br2N2O/c1-2-9-3-4-14(6-9,8-17)13(19)12-11(16)5-10(15)7-18-12/h5,7,9,13,19H,2-4,6H2,1H3. The largest absolute Gasteiger partial charge is 0.385 e. The molecule has 102 valence electrons. The van der Waals surface area contributed by atoms with Crippen molar-refractivity contribution in [3.05, 3.63) is 26.9 Å². The maximum Gasteiger partial charge on any atom is 0.116 e. The van der Waals surface area contributed by atoms with Gasteiger partial charge in [-0.1, -0.05) is 13.3 Å². The fraction of sp³-hybridized carbons (Fsp3) is 0.571. The first-order chi connectivity index (χ1) is 9.02. The van der Waals surface area contributed by atoms with Crippen molar-refractivity contribution in [1.82, 2.24) is 4.98 Å². The van der Waals surface area contributed by atoms with Gasteiger partial charge in [-0.2, -0.15) is 5.26 Å². The fourth-order valence-corrected chi connectivity index (χ4v) is 4.03. The Kier molecular flexibility index (Phi) is 4.65. The van der Waals surface area contributed by atoms with Gasteiger partial charge in [0.1, 0.15) is 6.10 Å². The number of aliphatic hydroxyl groups is 1. The summed E-state index contributed by atoms with van der Waals surface area (Å²) in [5.74, 6) is 0.531. The number of pyridine rings is 1. The molecule has 0 radical (unpaired) electrons. The van der Waals surface area contributed by atoms with Crippen LogP contribution in [-0.2, 0) is 0 Å². The third-order valence-corrected chi connectivity index (χ3v) is 5.14. The molecule has 0 bridgehead atoms. The Balaban J connectivity index is 2.32. The van der Waals surface area contributed by atoms with Gasteiger partial charge in [-0.25, -0.2) is 0 Å². The second-order valence-electron chi connectivity index (χ2n) is 5.21. The Morgan fingerprint density at radius 2 is 2.37 bits per heavy atom. The molecule has 1 saturated carbocycles. The van der Waals surface area contributed by atoms with Crippen LogP contribution in [0.2, 0.25) is 0 Å². The minimum Gasteiger partial charge on any atom is -0.385 e. The van der Waals surface area contributed by atoms with Gasteiger partial charge in [0.15, 0.2) is 0 Å². The second-order valence-corrected chi connectivity index (χ2v) is 6.98. The molecule has 5 heteroatoms. The first-order valence-electron chi connectivity index (χ1n) is 6.42. The van der Waals surface area contributed by atoms with Crippen molar-refractivity contribution in [2.75, 3.05) is 0 Å². The SMILES string of the molecule is CCC1CCC(C#N)(C(O)c2ncc(Br)cc2Br)C1. The minimum absolute atomic E-state index is 0.531. The van der Waals surface area contributed by atoms with Crippen LogP contribution in [0.15, 0.2) is 21.2 Å². The molecule has 0 spiro atoms. The summed E-state index contributed by atoms with van der Waals surface area (Å²) in [7, 11) is 0. The second kappa shape index (κ2) is 5.90. The molecule has 1 aliphatic rings. The lowest BCUT2D eigenvalue weighted by molar-refractivity contribution is 0.0597. The van der Waals surface area contributed by atoms with Gasteiger partial charge in [0.2, 0.25) is 0 Å². The van der Waals surface area contributed by atoms with Gasteiger partial charge < -0.3 is 5.11 Å². The molecular weight excluding hydrogens is 372 g/mol. The summed E-state index contributed by atoms with van der Waals surface area (Å²) in [5, 5.41) is 20.2. The van der Waals surface area contributed by atoms with Crippen LogP contribution in [0.25, 0.3) is 0 Å². The quantitative estimate of drug-likeness (QED) is 0.838. The van der Waals surface area contributed by atoms with E-state index >= 15 is 0 Å². The highest BCUT2D eigenvalue weighted by Crippen LogP contribution is 2.51. The zero-order valence-electron chi connectivity index (χ0n) is 10.7. The summed E-state index contributed by atoms with van der Waals surface area (Å²) in [5.41, 5.74) is -0.134. The van der Waals surface area contributed by atoms with Gasteiger partial charge in [0.05, 0.1) is 17.2 Å². The maximum absolute atomic E-state index is 10.6. The number of hydrogen-bond acceptors (Lipinski definition) is 3. The van der Waals surface area contributed by atoms with Gasteiger partial charge in [0, 0.05) is 15.1 Å². The van der Waals surface area contributed by atoms with Crippen LogP contribution in [0.4, 0.5) is 0 Å². The van der Waals surface area contributed by atoms with Crippen LogP contribution in [-0.4, -0.2) is 10.1 Å². The van der Waals surface area contributed by atoms with Gasteiger partial charge in [-0.15, -0.1) is 0 Å². The Morgan fingerprint density at radius 3 is 2.89 bits per heavy atom. The molecule has 19 heavy (non-hydrogen) atoms. The van der Waals surface area contributed by atoms with E-state index in [1.807, 2.05) is 6.07 Å². The molecule has 0 aliphatic heterocycles. The lowest BCUT2D eigenvalue weighted by atomic mass is 9.79. The van der Waals surface area contributed by atoms with Crippen LogP contribution in [0, 0.1) is 22.7 Å². The maximum atomic E-state index is 10.6. The van der Waals surface area contributed by atoms with E-state index in [4.69, 9.17) is 0 Å². The lowest BCUT2D eigenvalue weighted by Gasteiger charge is -2.27. The first-order valence-corrected chi connectivity index (χ1v) is 8.01. The van der Waals surface area contributed by atoms with Crippen molar-refractivity contribution >= 4 is 31.9 Å². The van der Waals surface area contributed by atoms with Crippen LogP contribution in [0.5, 0.6) is 0 Å². The predicted octanol–water partition coefficient (Wildman–Crippen LogP) is 4.36. The molecule has 1 aromatic rings. The molecule has 3 atom stereocenters. The van der Waals surface area contributed by atoms with Crippen LogP contribution < -0.4 is 0 Å². The fourth-order valence-electron chi connectivity index (χ4n) is 2.83. The highest BCUT2D eigenvalue weighted by Gasteiger charge is 2.46. The van der Waals surface area contributed by atoms with Crippen LogP contribution >= 0.6 is 31.9 Å². The van der Waals surface area contributed by atoms with E-state index in [9.17, 15) is 10.4 Å². The molecule has 0 aromatic carbocycles. The summed E-state index contributed by atoms with van der Waals surface area (Å²) in [6, 6.07) is 4.21. The Bertz CT molecular complexity index is 515. The number of nitrogens with zero attached hydrogens (tertiary/aromatic N) is 2. The molecule has 0 saturated heterocycles. The van der Waals surface area contributed by atoms with Gasteiger partial charge in [0.25, 0.3) is 0 Å². The highest BCUT2D eigenvalue weighted by molar-refractivity contribution is 9.11. The molecule has 2 rings (SSSR count). The smallest absolute Gasteiger partial charge is 0.116 e. The number of halogens is 2. The summed E-state index contributed by atoms with van der Waals surface area (Å²) in [4.78, 5) is 4.27. The van der Waals surface area contributed by atoms with E-state index in [2.05, 4.69) is 49.8 Å². The summed E-state index contributed by atoms with van der Waals surface area (Å²) >= 11 is 6.76. The Morgan fingerprint density at radius 1 is 1.63 bits per heavy atom. The predicted molar refractivity (Wildman–Crippen MR) is 80.3 cm³/mol. The summed E-state index contributed by atoms with van der Waals surface area (Å²) in [6.07, 6.45) is 4.39. The third kappa shape index (κ3) is 2.86.